The quantitative estimate of drug-likeness (QED) is 0.751. The molecule has 1 aliphatic rings. The molecule has 21 heavy (non-hydrogen) atoms. The summed E-state index contributed by atoms with van der Waals surface area (Å²) >= 11 is 0. The predicted molar refractivity (Wildman–Crippen MR) is 84.2 cm³/mol. The Morgan fingerprint density at radius 1 is 1.29 bits per heavy atom. The summed E-state index contributed by atoms with van der Waals surface area (Å²) in [6.07, 6.45) is 3.25. The Bertz CT molecular complexity index is 451. The number of benzene rings is 1. The van der Waals surface area contributed by atoms with Gasteiger partial charge in [-0.1, -0.05) is 31.2 Å². The number of aliphatic hydroxyl groups excluding tert-OH is 1. The Morgan fingerprint density at radius 3 is 2.48 bits per heavy atom. The molecule has 116 valence electrons. The van der Waals surface area contributed by atoms with Crippen molar-refractivity contribution in [2.75, 3.05) is 13.2 Å². The monoisotopic (exact) mass is 290 g/mol. The molecule has 0 radical (unpaired) electrons. The molecule has 0 fully saturated rings. The number of carbonyl (C=O) groups excluding carboxylic acids is 1. The average Bonchev–Trinajstić information content (AvgIpc) is 2.88. The lowest BCUT2D eigenvalue weighted by atomic mass is 10.0. The van der Waals surface area contributed by atoms with Gasteiger partial charge in [-0.2, -0.15) is 0 Å². The highest BCUT2D eigenvalue weighted by Crippen LogP contribution is 2.28. The normalized spacial score (nSPS) is 17.1. The number of carbonyl (C=O) groups is 1. The molecule has 2 amide bonds. The molecule has 0 bridgehead atoms. The second-order valence-corrected chi connectivity index (χ2v) is 6.18. The van der Waals surface area contributed by atoms with Gasteiger partial charge in [0.2, 0.25) is 0 Å². The number of nitrogens with one attached hydrogen (secondary N) is 2. The minimum Gasteiger partial charge on any atom is -0.396 e. The van der Waals surface area contributed by atoms with E-state index in [0.29, 0.717) is 12.5 Å². The first-order valence-electron chi connectivity index (χ1n) is 7.82. The van der Waals surface area contributed by atoms with Gasteiger partial charge in [0, 0.05) is 19.2 Å². The van der Waals surface area contributed by atoms with Gasteiger partial charge in [0.05, 0.1) is 0 Å². The number of rotatable bonds is 6. The third-order valence-electron chi connectivity index (χ3n) is 4.47. The van der Waals surface area contributed by atoms with E-state index in [0.717, 1.165) is 19.3 Å². The highest BCUT2D eigenvalue weighted by atomic mass is 16.3. The summed E-state index contributed by atoms with van der Waals surface area (Å²) in [6.45, 7) is 4.61. The van der Waals surface area contributed by atoms with Crippen molar-refractivity contribution in [2.45, 2.75) is 39.2 Å². The standard InChI is InChI=1S/C17H26N2O2/c1-12(11-20)13(2)19-17(21)18-8-7-14-9-15-5-3-4-6-16(15)10-14/h3-6,12-14,20H,7-11H2,1-2H3,(H2,18,19,21)/t12-,13-/m1/s1. The molecule has 0 heterocycles. The first kappa shape index (κ1) is 15.8. The van der Waals surface area contributed by atoms with Gasteiger partial charge in [0.25, 0.3) is 0 Å². The first-order valence-corrected chi connectivity index (χ1v) is 7.82. The average molecular weight is 290 g/mol. The smallest absolute Gasteiger partial charge is 0.315 e. The third kappa shape index (κ3) is 4.46. The summed E-state index contributed by atoms with van der Waals surface area (Å²) in [4.78, 5) is 11.8. The minimum atomic E-state index is -0.140. The Morgan fingerprint density at radius 2 is 1.90 bits per heavy atom. The Balaban J connectivity index is 1.66. The summed E-state index contributed by atoms with van der Waals surface area (Å²) in [7, 11) is 0. The Hall–Kier alpha value is -1.55. The molecule has 1 aliphatic carbocycles. The topological polar surface area (TPSA) is 61.4 Å². The molecule has 1 aromatic carbocycles. The van der Waals surface area contributed by atoms with Gasteiger partial charge in [0.15, 0.2) is 0 Å². The van der Waals surface area contributed by atoms with Crippen molar-refractivity contribution in [1.29, 1.82) is 0 Å². The summed E-state index contributed by atoms with van der Waals surface area (Å²) < 4.78 is 0. The van der Waals surface area contributed by atoms with E-state index in [2.05, 4.69) is 34.9 Å². The van der Waals surface area contributed by atoms with Gasteiger partial charge < -0.3 is 15.7 Å². The molecule has 4 nitrogen and oxygen atoms in total. The second kappa shape index (κ2) is 7.46. The van der Waals surface area contributed by atoms with E-state index < -0.39 is 0 Å². The highest BCUT2D eigenvalue weighted by molar-refractivity contribution is 5.74. The third-order valence-corrected chi connectivity index (χ3v) is 4.47. The molecule has 3 N–H and O–H groups in total. The first-order chi connectivity index (χ1) is 10.1. The number of fused-ring (bicyclic) bond motifs is 1. The lowest BCUT2D eigenvalue weighted by molar-refractivity contribution is 0.200. The minimum absolute atomic E-state index is 0.0225. The molecular weight excluding hydrogens is 264 g/mol. The number of hydrogen-bond acceptors (Lipinski definition) is 2. The SMILES string of the molecule is C[C@H](CO)[C@@H](C)NC(=O)NCCC1Cc2ccccc2C1. The molecule has 0 saturated carbocycles. The summed E-state index contributed by atoms with van der Waals surface area (Å²) in [5.41, 5.74) is 2.91. The maximum absolute atomic E-state index is 11.8. The van der Waals surface area contributed by atoms with Crippen molar-refractivity contribution in [3.05, 3.63) is 35.4 Å². The van der Waals surface area contributed by atoms with E-state index in [9.17, 15) is 4.79 Å². The molecule has 2 atom stereocenters. The molecule has 0 saturated heterocycles. The maximum atomic E-state index is 11.8. The maximum Gasteiger partial charge on any atom is 0.315 e. The van der Waals surface area contributed by atoms with Crippen LogP contribution in [0.4, 0.5) is 4.79 Å². The number of amides is 2. The van der Waals surface area contributed by atoms with Crippen LogP contribution >= 0.6 is 0 Å². The van der Waals surface area contributed by atoms with Gasteiger partial charge in [-0.05, 0) is 49.1 Å². The van der Waals surface area contributed by atoms with Crippen LogP contribution in [0.5, 0.6) is 0 Å². The van der Waals surface area contributed by atoms with E-state index >= 15 is 0 Å². The van der Waals surface area contributed by atoms with Crippen LogP contribution in [0.1, 0.15) is 31.4 Å². The van der Waals surface area contributed by atoms with Crippen LogP contribution in [0.2, 0.25) is 0 Å². The van der Waals surface area contributed by atoms with Crippen molar-refractivity contribution in [2.24, 2.45) is 11.8 Å². The molecule has 0 aliphatic heterocycles. The zero-order chi connectivity index (χ0) is 15.2. The fraction of sp³-hybridized carbons (Fsp3) is 0.588. The van der Waals surface area contributed by atoms with E-state index in [1.54, 1.807) is 0 Å². The lowest BCUT2D eigenvalue weighted by Crippen LogP contribution is -2.44. The van der Waals surface area contributed by atoms with Crippen LogP contribution in [-0.2, 0) is 12.8 Å². The Kier molecular flexibility index (Phi) is 5.62. The number of hydrogen-bond donors (Lipinski definition) is 3. The van der Waals surface area contributed by atoms with Gasteiger partial charge >= 0.3 is 6.03 Å². The van der Waals surface area contributed by atoms with Crippen LogP contribution in [0.25, 0.3) is 0 Å². The molecule has 1 aromatic rings. The number of aliphatic hydroxyl groups is 1. The molecule has 4 heteroatoms. The van der Waals surface area contributed by atoms with Crippen molar-refractivity contribution >= 4 is 6.03 Å². The van der Waals surface area contributed by atoms with Crippen LogP contribution in [0.15, 0.2) is 24.3 Å². The second-order valence-electron chi connectivity index (χ2n) is 6.18. The zero-order valence-electron chi connectivity index (χ0n) is 12.9. The molecule has 2 rings (SSSR count). The fourth-order valence-electron chi connectivity index (χ4n) is 2.80. The zero-order valence-corrected chi connectivity index (χ0v) is 12.9. The van der Waals surface area contributed by atoms with Crippen LogP contribution < -0.4 is 10.6 Å². The van der Waals surface area contributed by atoms with Crippen molar-refractivity contribution in [3.8, 4) is 0 Å². The summed E-state index contributed by atoms with van der Waals surface area (Å²) in [6, 6.07) is 8.43. The number of urea groups is 1. The molecule has 0 unspecified atom stereocenters. The van der Waals surface area contributed by atoms with Gasteiger partial charge in [0.1, 0.15) is 0 Å². The largest absolute Gasteiger partial charge is 0.396 e. The summed E-state index contributed by atoms with van der Waals surface area (Å²) in [5.74, 6) is 0.705. The van der Waals surface area contributed by atoms with E-state index in [1.165, 1.54) is 11.1 Å². The van der Waals surface area contributed by atoms with Crippen LogP contribution in [0.3, 0.4) is 0 Å². The van der Waals surface area contributed by atoms with Crippen LogP contribution in [0, 0.1) is 11.8 Å². The molecule has 0 aromatic heterocycles. The lowest BCUT2D eigenvalue weighted by Gasteiger charge is -2.19. The van der Waals surface area contributed by atoms with E-state index in [-0.39, 0.29) is 24.6 Å². The van der Waals surface area contributed by atoms with Crippen molar-refractivity contribution in [1.82, 2.24) is 10.6 Å². The van der Waals surface area contributed by atoms with Gasteiger partial charge in [-0.15, -0.1) is 0 Å². The molecular formula is C17H26N2O2. The Labute approximate surface area is 126 Å². The van der Waals surface area contributed by atoms with Crippen molar-refractivity contribution in [3.63, 3.8) is 0 Å². The molecule has 0 spiro atoms. The predicted octanol–water partition coefficient (Wildman–Crippen LogP) is 2.11. The van der Waals surface area contributed by atoms with Crippen molar-refractivity contribution < 1.29 is 9.90 Å². The van der Waals surface area contributed by atoms with E-state index in [4.69, 9.17) is 5.11 Å². The summed E-state index contributed by atoms with van der Waals surface area (Å²) in [5, 5.41) is 14.8. The fourth-order valence-corrected chi connectivity index (χ4v) is 2.80. The van der Waals surface area contributed by atoms with Gasteiger partial charge in [-0.25, -0.2) is 4.79 Å². The highest BCUT2D eigenvalue weighted by Gasteiger charge is 2.20. The van der Waals surface area contributed by atoms with Crippen LogP contribution in [-0.4, -0.2) is 30.3 Å². The van der Waals surface area contributed by atoms with Gasteiger partial charge in [-0.3, -0.25) is 0 Å². The van der Waals surface area contributed by atoms with E-state index in [1.807, 2.05) is 13.8 Å².